The number of carbonyl (C=O) groups excluding carboxylic acids is 2. The number of hydrogen-bond acceptors (Lipinski definition) is 4. The largest absolute Gasteiger partial charge is 0.502 e. The van der Waals surface area contributed by atoms with E-state index in [9.17, 15) is 14.7 Å². The molecule has 5 heteroatoms. The topological polar surface area (TPSA) is 66.8 Å². The van der Waals surface area contributed by atoms with Crippen molar-refractivity contribution in [1.29, 1.82) is 0 Å². The molecule has 2 aromatic rings. The summed E-state index contributed by atoms with van der Waals surface area (Å²) in [5, 5.41) is 10.2. The van der Waals surface area contributed by atoms with Crippen LogP contribution in [-0.2, 0) is 9.59 Å². The molecule has 1 aliphatic heterocycles. The molecule has 0 unspecified atom stereocenters. The van der Waals surface area contributed by atoms with E-state index in [1.807, 2.05) is 32.0 Å². The summed E-state index contributed by atoms with van der Waals surface area (Å²) in [5.74, 6) is -1.47. The van der Waals surface area contributed by atoms with Crippen LogP contribution in [0, 0.1) is 13.8 Å². The smallest absolute Gasteiger partial charge is 0.301 e. The van der Waals surface area contributed by atoms with Gasteiger partial charge in [0, 0.05) is 0 Å². The minimum absolute atomic E-state index is 0.00330. The first-order valence-corrected chi connectivity index (χ1v) is 7.47. The van der Waals surface area contributed by atoms with Crippen LogP contribution < -0.4 is 9.64 Å². The van der Waals surface area contributed by atoms with Gasteiger partial charge in [0.1, 0.15) is 5.75 Å². The number of anilines is 1. The molecule has 0 saturated carbocycles. The monoisotopic (exact) mass is 323 g/mol. The average Bonchev–Trinajstić information content (AvgIpc) is 2.78. The van der Waals surface area contributed by atoms with Crippen LogP contribution in [0.25, 0.3) is 5.57 Å². The average molecular weight is 323 g/mol. The molecule has 1 aliphatic rings. The number of imide groups is 1. The number of rotatable bonds is 3. The number of nitrogens with zero attached hydrogens (tertiary/aromatic N) is 1. The van der Waals surface area contributed by atoms with E-state index >= 15 is 0 Å². The molecule has 122 valence electrons. The molecule has 24 heavy (non-hydrogen) atoms. The fraction of sp³-hybridized carbons (Fsp3) is 0.158. The lowest BCUT2D eigenvalue weighted by Gasteiger charge is -2.18. The predicted molar refractivity (Wildman–Crippen MR) is 91.0 cm³/mol. The number of ether oxygens (including phenoxy) is 1. The van der Waals surface area contributed by atoms with Crippen molar-refractivity contribution in [3.63, 3.8) is 0 Å². The second kappa shape index (κ2) is 5.85. The van der Waals surface area contributed by atoms with Gasteiger partial charge >= 0.3 is 5.91 Å². The number of amides is 2. The van der Waals surface area contributed by atoms with Gasteiger partial charge in [-0.15, -0.1) is 0 Å². The fourth-order valence-corrected chi connectivity index (χ4v) is 2.69. The Bertz CT molecular complexity index is 865. The predicted octanol–water partition coefficient (Wildman–Crippen LogP) is 3.15. The van der Waals surface area contributed by atoms with Crippen LogP contribution >= 0.6 is 0 Å². The van der Waals surface area contributed by atoms with Crippen molar-refractivity contribution in [3.8, 4) is 5.75 Å². The number of aliphatic hydroxyl groups excluding tert-OH is 1. The van der Waals surface area contributed by atoms with Crippen LogP contribution in [-0.4, -0.2) is 24.0 Å². The highest BCUT2D eigenvalue weighted by Gasteiger charge is 2.41. The van der Waals surface area contributed by atoms with Gasteiger partial charge in [-0.2, -0.15) is 0 Å². The number of aryl methyl sites for hydroxylation is 2. The summed E-state index contributed by atoms with van der Waals surface area (Å²) in [6, 6.07) is 12.3. The van der Waals surface area contributed by atoms with Gasteiger partial charge in [-0.1, -0.05) is 35.9 Å². The van der Waals surface area contributed by atoms with Crippen LogP contribution in [0.5, 0.6) is 5.75 Å². The molecular weight excluding hydrogens is 306 g/mol. The Morgan fingerprint density at radius 2 is 1.54 bits per heavy atom. The lowest BCUT2D eigenvalue weighted by Crippen LogP contribution is -2.32. The third kappa shape index (κ3) is 2.44. The lowest BCUT2D eigenvalue weighted by molar-refractivity contribution is -0.121. The highest BCUT2D eigenvalue weighted by atomic mass is 16.5. The molecule has 2 amide bonds. The van der Waals surface area contributed by atoms with Crippen molar-refractivity contribution in [1.82, 2.24) is 0 Å². The number of benzene rings is 2. The van der Waals surface area contributed by atoms with E-state index in [4.69, 9.17) is 4.74 Å². The Kier molecular flexibility index (Phi) is 3.85. The molecule has 5 nitrogen and oxygen atoms in total. The third-order valence-corrected chi connectivity index (χ3v) is 3.97. The van der Waals surface area contributed by atoms with Crippen LogP contribution in [0.2, 0.25) is 0 Å². The molecule has 0 bridgehead atoms. The second-order valence-corrected chi connectivity index (χ2v) is 5.71. The van der Waals surface area contributed by atoms with Crippen LogP contribution in [0.15, 0.2) is 48.2 Å². The number of hydrogen-bond donors (Lipinski definition) is 1. The van der Waals surface area contributed by atoms with Gasteiger partial charge in [-0.25, -0.2) is 4.90 Å². The lowest BCUT2D eigenvalue weighted by atomic mass is 10.0. The minimum atomic E-state index is -0.750. The Morgan fingerprint density at radius 3 is 2.17 bits per heavy atom. The summed E-state index contributed by atoms with van der Waals surface area (Å²) in [6.07, 6.45) is 0. The molecule has 0 saturated heterocycles. The van der Waals surface area contributed by atoms with Gasteiger partial charge in [-0.3, -0.25) is 9.59 Å². The summed E-state index contributed by atoms with van der Waals surface area (Å²) >= 11 is 0. The zero-order chi connectivity index (χ0) is 17.4. The normalized spacial score (nSPS) is 14.5. The van der Waals surface area contributed by atoms with Crippen molar-refractivity contribution < 1.29 is 19.4 Å². The quantitative estimate of drug-likeness (QED) is 0.881. The van der Waals surface area contributed by atoms with Gasteiger partial charge < -0.3 is 9.84 Å². The van der Waals surface area contributed by atoms with Gasteiger partial charge in [0.25, 0.3) is 5.91 Å². The van der Waals surface area contributed by atoms with Crippen molar-refractivity contribution in [3.05, 3.63) is 64.9 Å². The maximum atomic E-state index is 12.8. The maximum Gasteiger partial charge on any atom is 0.301 e. The van der Waals surface area contributed by atoms with Crippen molar-refractivity contribution in [2.24, 2.45) is 0 Å². The summed E-state index contributed by atoms with van der Waals surface area (Å²) < 4.78 is 5.26. The van der Waals surface area contributed by atoms with Gasteiger partial charge in [0.2, 0.25) is 0 Å². The zero-order valence-electron chi connectivity index (χ0n) is 13.7. The van der Waals surface area contributed by atoms with Gasteiger partial charge in [0.05, 0.1) is 18.4 Å². The molecule has 1 N–H and O–H groups in total. The fourth-order valence-electron chi connectivity index (χ4n) is 2.69. The first-order valence-electron chi connectivity index (χ1n) is 7.47. The first kappa shape index (κ1) is 15.8. The van der Waals surface area contributed by atoms with Crippen molar-refractivity contribution >= 4 is 23.1 Å². The van der Waals surface area contributed by atoms with E-state index in [2.05, 4.69) is 0 Å². The van der Waals surface area contributed by atoms with E-state index in [0.717, 1.165) is 16.0 Å². The van der Waals surface area contributed by atoms with E-state index in [-0.39, 0.29) is 5.57 Å². The number of aliphatic hydroxyl groups is 1. The highest BCUT2D eigenvalue weighted by molar-refractivity contribution is 6.45. The van der Waals surface area contributed by atoms with Crippen LogP contribution in [0.3, 0.4) is 0 Å². The molecule has 0 aromatic heterocycles. The minimum Gasteiger partial charge on any atom is -0.502 e. The summed E-state index contributed by atoms with van der Waals surface area (Å²) in [7, 11) is 1.47. The molecule has 1 heterocycles. The van der Waals surface area contributed by atoms with Crippen LogP contribution in [0.1, 0.15) is 16.7 Å². The SMILES string of the molecule is COc1ccc(C)cc1N1C(=O)C(O)=C(c2ccc(C)cc2)C1=O. The third-order valence-electron chi connectivity index (χ3n) is 3.97. The summed E-state index contributed by atoms with van der Waals surface area (Å²) in [5.41, 5.74) is 2.72. The molecule has 3 rings (SSSR count). The zero-order valence-corrected chi connectivity index (χ0v) is 13.7. The molecule has 0 atom stereocenters. The van der Waals surface area contributed by atoms with E-state index < -0.39 is 17.6 Å². The molecule has 0 spiro atoms. The molecule has 0 radical (unpaired) electrons. The molecular formula is C19H17NO4. The number of methoxy groups -OCH3 is 1. The molecule has 0 fully saturated rings. The Balaban J connectivity index is 2.09. The van der Waals surface area contributed by atoms with Gasteiger partial charge in [-0.05, 0) is 37.1 Å². The summed E-state index contributed by atoms with van der Waals surface area (Å²) in [6.45, 7) is 3.77. The van der Waals surface area contributed by atoms with Gasteiger partial charge in [0.15, 0.2) is 5.76 Å². The maximum absolute atomic E-state index is 12.8. The highest BCUT2D eigenvalue weighted by Crippen LogP contribution is 2.37. The Hall–Kier alpha value is -3.08. The van der Waals surface area contributed by atoms with Crippen LogP contribution in [0.4, 0.5) is 5.69 Å². The van der Waals surface area contributed by atoms with Crippen molar-refractivity contribution in [2.75, 3.05) is 12.0 Å². The molecule has 2 aromatic carbocycles. The van der Waals surface area contributed by atoms with E-state index in [0.29, 0.717) is 17.0 Å². The second-order valence-electron chi connectivity index (χ2n) is 5.71. The standard InChI is InChI=1S/C19H17NO4/c1-11-4-7-13(8-5-11)16-17(21)19(23)20(18(16)22)14-10-12(2)6-9-15(14)24-3/h4-10,21H,1-3H3. The van der Waals surface area contributed by atoms with E-state index in [1.54, 1.807) is 24.3 Å². The Morgan fingerprint density at radius 1 is 0.917 bits per heavy atom. The Labute approximate surface area is 139 Å². The van der Waals surface area contributed by atoms with Crippen molar-refractivity contribution in [2.45, 2.75) is 13.8 Å². The first-order chi connectivity index (χ1) is 11.4. The van der Waals surface area contributed by atoms with E-state index in [1.165, 1.54) is 7.11 Å². The molecule has 0 aliphatic carbocycles. The number of carbonyl (C=O) groups is 2. The summed E-state index contributed by atoms with van der Waals surface area (Å²) in [4.78, 5) is 26.3.